The van der Waals surface area contributed by atoms with E-state index in [1.165, 1.54) is 24.4 Å². The number of nitrogens with one attached hydrogen (secondary N) is 1. The molecule has 0 saturated carbocycles. The lowest BCUT2D eigenvalue weighted by atomic mass is 10.2. The third-order valence-corrected chi connectivity index (χ3v) is 4.26. The van der Waals surface area contributed by atoms with E-state index in [1.54, 1.807) is 17.0 Å². The van der Waals surface area contributed by atoms with Gasteiger partial charge in [0.1, 0.15) is 5.56 Å². The highest BCUT2D eigenvalue weighted by molar-refractivity contribution is 6.34. The topological polar surface area (TPSA) is 71.5 Å². The second-order valence-corrected chi connectivity index (χ2v) is 6.44. The highest BCUT2D eigenvalue weighted by Gasteiger charge is 2.30. The number of halogens is 4. The van der Waals surface area contributed by atoms with Crippen molar-refractivity contribution in [3.05, 3.63) is 47.1 Å². The van der Waals surface area contributed by atoms with Crippen molar-refractivity contribution >= 4 is 34.8 Å². The minimum Gasteiger partial charge on any atom is -0.467 e. The van der Waals surface area contributed by atoms with Crippen LogP contribution >= 0.6 is 11.6 Å². The van der Waals surface area contributed by atoms with E-state index in [0.717, 1.165) is 6.42 Å². The zero-order valence-corrected chi connectivity index (χ0v) is 15.2. The Morgan fingerprint density at radius 3 is 2.75 bits per heavy atom. The van der Waals surface area contributed by atoms with E-state index in [-0.39, 0.29) is 16.5 Å². The second-order valence-electron chi connectivity index (χ2n) is 6.03. The molecule has 28 heavy (non-hydrogen) atoms. The number of ether oxygens (including phenoxy) is 1. The van der Waals surface area contributed by atoms with Crippen molar-refractivity contribution in [2.24, 2.45) is 0 Å². The number of carbonyl (C=O) groups excluding carboxylic acids is 2. The number of rotatable bonds is 5. The summed E-state index contributed by atoms with van der Waals surface area (Å²) < 4.78 is 41.7. The summed E-state index contributed by atoms with van der Waals surface area (Å²) in [6, 6.07) is 7.33. The van der Waals surface area contributed by atoms with Gasteiger partial charge in [-0.05, 0) is 36.8 Å². The van der Waals surface area contributed by atoms with Gasteiger partial charge in [0.2, 0.25) is 11.8 Å². The van der Waals surface area contributed by atoms with E-state index < -0.39 is 24.6 Å². The molecule has 1 saturated heterocycles. The molecule has 0 radical (unpaired) electrons. The summed E-state index contributed by atoms with van der Waals surface area (Å²) in [5.74, 6) is -1.16. The van der Waals surface area contributed by atoms with Crippen LogP contribution in [0.1, 0.15) is 23.2 Å². The Morgan fingerprint density at radius 1 is 1.32 bits per heavy atom. The zero-order chi connectivity index (χ0) is 20.3. The molecule has 2 aromatic rings. The molecular formula is C18H15ClF3N3O3. The number of aromatic nitrogens is 1. The Labute approximate surface area is 163 Å². The first-order valence-corrected chi connectivity index (χ1v) is 8.68. The fraction of sp³-hybridized carbons (Fsp3) is 0.278. The van der Waals surface area contributed by atoms with Crippen LogP contribution in [0.15, 0.2) is 36.5 Å². The van der Waals surface area contributed by atoms with E-state index in [4.69, 9.17) is 11.6 Å². The van der Waals surface area contributed by atoms with Gasteiger partial charge in [-0.3, -0.25) is 9.59 Å². The smallest absolute Gasteiger partial charge is 0.422 e. The van der Waals surface area contributed by atoms with Gasteiger partial charge >= 0.3 is 6.18 Å². The molecule has 1 aliphatic heterocycles. The van der Waals surface area contributed by atoms with Crippen molar-refractivity contribution in [1.29, 1.82) is 0 Å². The highest BCUT2D eigenvalue weighted by Crippen LogP contribution is 2.32. The number of benzene rings is 1. The zero-order valence-electron chi connectivity index (χ0n) is 14.4. The quantitative estimate of drug-likeness (QED) is 0.802. The van der Waals surface area contributed by atoms with Crippen LogP contribution in [0.5, 0.6) is 5.88 Å². The SMILES string of the molecule is O=C(Nc1ccc(N2CCCC2=O)c(Cl)c1)c1cccnc1OCC(F)(F)F. The molecule has 3 rings (SSSR count). The number of hydrogen-bond donors (Lipinski definition) is 1. The Kier molecular flexibility index (Phi) is 5.73. The molecule has 0 aliphatic carbocycles. The lowest BCUT2D eigenvalue weighted by Gasteiger charge is -2.18. The maximum absolute atomic E-state index is 12.4. The number of anilines is 2. The van der Waals surface area contributed by atoms with E-state index in [0.29, 0.717) is 24.3 Å². The number of alkyl halides is 3. The van der Waals surface area contributed by atoms with Crippen LogP contribution < -0.4 is 15.0 Å². The van der Waals surface area contributed by atoms with Gasteiger partial charge in [-0.2, -0.15) is 13.2 Å². The van der Waals surface area contributed by atoms with E-state index in [9.17, 15) is 22.8 Å². The molecule has 1 fully saturated rings. The molecule has 148 valence electrons. The van der Waals surface area contributed by atoms with Crippen LogP contribution in [0, 0.1) is 0 Å². The molecule has 6 nitrogen and oxygen atoms in total. The Bertz CT molecular complexity index is 905. The lowest BCUT2D eigenvalue weighted by Crippen LogP contribution is -2.24. The minimum atomic E-state index is -4.55. The van der Waals surface area contributed by atoms with Gasteiger partial charge in [0.15, 0.2) is 6.61 Å². The molecule has 0 bridgehead atoms. The van der Waals surface area contributed by atoms with Crippen LogP contribution in [0.25, 0.3) is 0 Å². The summed E-state index contributed by atoms with van der Waals surface area (Å²) in [4.78, 5) is 29.5. The number of pyridine rings is 1. The summed E-state index contributed by atoms with van der Waals surface area (Å²) in [5.41, 5.74) is 0.704. The number of nitrogens with zero attached hydrogens (tertiary/aromatic N) is 2. The maximum atomic E-state index is 12.4. The van der Waals surface area contributed by atoms with Crippen molar-refractivity contribution in [2.75, 3.05) is 23.4 Å². The van der Waals surface area contributed by atoms with Gasteiger partial charge in [-0.15, -0.1) is 0 Å². The van der Waals surface area contributed by atoms with Gasteiger partial charge in [0.25, 0.3) is 5.91 Å². The van der Waals surface area contributed by atoms with Crippen molar-refractivity contribution in [2.45, 2.75) is 19.0 Å². The molecule has 1 aromatic heterocycles. The molecule has 2 heterocycles. The van der Waals surface area contributed by atoms with Gasteiger partial charge < -0.3 is 15.0 Å². The van der Waals surface area contributed by atoms with Gasteiger partial charge in [-0.25, -0.2) is 4.98 Å². The molecule has 1 N–H and O–H groups in total. The molecule has 1 aliphatic rings. The average Bonchev–Trinajstić information content (AvgIpc) is 3.05. The number of hydrogen-bond acceptors (Lipinski definition) is 4. The summed E-state index contributed by atoms with van der Waals surface area (Å²) >= 11 is 6.23. The molecule has 1 aromatic carbocycles. The highest BCUT2D eigenvalue weighted by atomic mass is 35.5. The summed E-state index contributed by atoms with van der Waals surface area (Å²) in [6.45, 7) is -0.992. The van der Waals surface area contributed by atoms with Crippen molar-refractivity contribution in [3.8, 4) is 5.88 Å². The van der Waals surface area contributed by atoms with Gasteiger partial charge in [0.05, 0.1) is 10.7 Å². The summed E-state index contributed by atoms with van der Waals surface area (Å²) in [7, 11) is 0. The fourth-order valence-corrected chi connectivity index (χ4v) is 3.02. The van der Waals surface area contributed by atoms with Crippen molar-refractivity contribution in [3.63, 3.8) is 0 Å². The molecule has 2 amide bonds. The molecule has 0 atom stereocenters. The predicted octanol–water partition coefficient (Wildman–Crippen LogP) is 4.06. The molecular weight excluding hydrogens is 399 g/mol. The molecule has 0 unspecified atom stereocenters. The van der Waals surface area contributed by atoms with E-state index in [1.807, 2.05) is 0 Å². The molecule has 10 heteroatoms. The predicted molar refractivity (Wildman–Crippen MR) is 96.8 cm³/mol. The third-order valence-electron chi connectivity index (χ3n) is 3.96. The van der Waals surface area contributed by atoms with Crippen molar-refractivity contribution < 1.29 is 27.5 Å². The van der Waals surface area contributed by atoms with Crippen LogP contribution in [0.3, 0.4) is 0 Å². The van der Waals surface area contributed by atoms with Crippen LogP contribution in [-0.4, -0.2) is 36.1 Å². The third kappa shape index (κ3) is 4.72. The first-order chi connectivity index (χ1) is 13.2. The van der Waals surface area contributed by atoms with Crippen LogP contribution in [0.2, 0.25) is 5.02 Å². The summed E-state index contributed by atoms with van der Waals surface area (Å²) in [5, 5.41) is 2.81. The van der Waals surface area contributed by atoms with Gasteiger partial charge in [-0.1, -0.05) is 11.6 Å². The number of carbonyl (C=O) groups is 2. The number of amides is 2. The second kappa shape index (κ2) is 8.05. The first kappa shape index (κ1) is 19.9. The minimum absolute atomic E-state index is 0.0273. The van der Waals surface area contributed by atoms with Crippen molar-refractivity contribution in [1.82, 2.24) is 4.98 Å². The van der Waals surface area contributed by atoms with Crippen LogP contribution in [-0.2, 0) is 4.79 Å². The standard InChI is InChI=1S/C18H15ClF3N3O3/c19-13-9-11(5-6-14(13)25-8-2-4-15(25)26)24-16(27)12-3-1-7-23-17(12)28-10-18(20,21)22/h1,3,5-7,9H,2,4,8,10H2,(H,24,27). The Hall–Kier alpha value is -2.81. The molecule has 0 spiro atoms. The maximum Gasteiger partial charge on any atom is 0.422 e. The van der Waals surface area contributed by atoms with E-state index in [2.05, 4.69) is 15.0 Å². The van der Waals surface area contributed by atoms with Gasteiger partial charge in [0, 0.05) is 24.8 Å². The lowest BCUT2D eigenvalue weighted by molar-refractivity contribution is -0.154. The Balaban J connectivity index is 1.75. The first-order valence-electron chi connectivity index (χ1n) is 8.30. The van der Waals surface area contributed by atoms with E-state index >= 15 is 0 Å². The monoisotopic (exact) mass is 413 g/mol. The fourth-order valence-electron chi connectivity index (χ4n) is 2.73. The van der Waals surface area contributed by atoms with Crippen LogP contribution in [0.4, 0.5) is 24.5 Å². The Morgan fingerprint density at radius 2 is 2.11 bits per heavy atom. The normalized spacial score (nSPS) is 14.3. The average molecular weight is 414 g/mol. The summed E-state index contributed by atoms with van der Waals surface area (Å²) in [6.07, 6.45) is -2.13. The largest absolute Gasteiger partial charge is 0.467 e.